The first kappa shape index (κ1) is 26.9. The van der Waals surface area contributed by atoms with Gasteiger partial charge in [0.2, 0.25) is 0 Å². The molecule has 1 heterocycles. The molecule has 10 aromatic carbocycles. The number of furan rings is 1. The molecular weight excluding hydrogens is 739 g/mol. The number of hydrogen-bond acceptors (Lipinski definition) is 2. The molecule has 0 atom stereocenters. The van der Waals surface area contributed by atoms with Crippen LogP contribution in [-0.2, 0) is 5.41 Å². The van der Waals surface area contributed by atoms with Crippen LogP contribution >= 0.6 is 0 Å². The summed E-state index contributed by atoms with van der Waals surface area (Å²) in [5, 5.41) is 3.93. The zero-order valence-electron chi connectivity index (χ0n) is 41.7. The minimum absolute atomic E-state index is 0.0813. The summed E-state index contributed by atoms with van der Waals surface area (Å²) in [4.78, 5) is 1.75. The zero-order chi connectivity index (χ0) is 48.2. The lowest BCUT2D eigenvalue weighted by Crippen LogP contribution is -2.28. The highest BCUT2D eigenvalue weighted by molar-refractivity contribution is 6.19. The lowest BCUT2D eigenvalue weighted by Gasteiger charge is -2.35. The van der Waals surface area contributed by atoms with Gasteiger partial charge in [0.15, 0.2) is 0 Å². The fourth-order valence-corrected chi connectivity index (χ4v) is 9.50. The van der Waals surface area contributed by atoms with Gasteiger partial charge >= 0.3 is 0 Å². The Morgan fingerprint density at radius 2 is 1.07 bits per heavy atom. The summed E-state index contributed by atoms with van der Waals surface area (Å²) in [5.41, 5.74) is 8.80. The van der Waals surface area contributed by atoms with Crippen molar-refractivity contribution in [3.8, 4) is 33.4 Å². The van der Waals surface area contributed by atoms with Crippen molar-refractivity contribution in [3.63, 3.8) is 0 Å². The Morgan fingerprint density at radius 3 is 1.87 bits per heavy atom. The molecule has 12 rings (SSSR count). The molecule has 0 fully saturated rings. The van der Waals surface area contributed by atoms with Crippen LogP contribution in [0.5, 0.6) is 0 Å². The number of hydrogen-bond donors (Lipinski definition) is 0. The minimum atomic E-state index is -0.806. The molecule has 1 aromatic heterocycles. The van der Waals surface area contributed by atoms with Gasteiger partial charge in [-0.2, -0.15) is 0 Å². The van der Waals surface area contributed by atoms with Gasteiger partial charge in [0.25, 0.3) is 0 Å². The lowest BCUT2D eigenvalue weighted by molar-refractivity contribution is 0.673. The van der Waals surface area contributed by atoms with Gasteiger partial charge < -0.3 is 9.32 Å². The number of nitrogens with zero attached hydrogens (tertiary/aromatic N) is 1. The summed E-state index contributed by atoms with van der Waals surface area (Å²) in [6, 6.07) is 56.1. The van der Waals surface area contributed by atoms with Crippen LogP contribution in [-0.4, -0.2) is 0 Å². The molecular formula is C59H39NO. The Bertz CT molecular complexity index is 3870. The van der Waals surface area contributed by atoms with E-state index in [4.69, 9.17) is 11.3 Å². The predicted octanol–water partition coefficient (Wildman–Crippen LogP) is 15.9. The summed E-state index contributed by atoms with van der Waals surface area (Å²) in [7, 11) is 0. The molecule has 2 heteroatoms. The van der Waals surface area contributed by atoms with Crippen LogP contribution in [0.15, 0.2) is 241 Å². The Kier molecular flexibility index (Phi) is 6.23. The van der Waals surface area contributed by atoms with Gasteiger partial charge in [-0.3, -0.25) is 0 Å². The SMILES string of the molecule is [2H]c1c([2H])c([2H])c(-c2c([2H])c([2H])c(N(c3cccc(-c4cccc5oc6c7ccccc7ccc6c45)c3)c3ccc4c(c3)C(c3ccccc3)(c3ccccc3)c3ccccc3-4)c([2H])c2[2H])c([2H])c1[2H]. The van der Waals surface area contributed by atoms with Gasteiger partial charge in [-0.25, -0.2) is 0 Å². The number of anilines is 3. The Labute approximate surface area is 367 Å². The molecule has 61 heavy (non-hydrogen) atoms. The molecule has 0 bridgehead atoms. The molecule has 11 aromatic rings. The van der Waals surface area contributed by atoms with Gasteiger partial charge in [0, 0.05) is 33.2 Å². The average Bonchev–Trinajstić information content (AvgIpc) is 3.94. The average molecular weight is 787 g/mol. The second-order valence-corrected chi connectivity index (χ2v) is 15.3. The van der Waals surface area contributed by atoms with Crippen LogP contribution in [0.3, 0.4) is 0 Å². The van der Waals surface area contributed by atoms with Crippen LogP contribution < -0.4 is 4.90 Å². The Hall–Kier alpha value is -7.94. The van der Waals surface area contributed by atoms with E-state index in [0.29, 0.717) is 17.0 Å². The molecule has 286 valence electrons. The molecule has 0 N–H and O–H groups in total. The van der Waals surface area contributed by atoms with E-state index >= 15 is 0 Å². The second-order valence-electron chi connectivity index (χ2n) is 15.3. The highest BCUT2D eigenvalue weighted by atomic mass is 16.3. The maximum atomic E-state index is 9.81. The second kappa shape index (κ2) is 14.1. The molecule has 2 nitrogen and oxygen atoms in total. The van der Waals surface area contributed by atoms with E-state index in [2.05, 4.69) is 78.9 Å². The highest BCUT2D eigenvalue weighted by Gasteiger charge is 2.46. The van der Waals surface area contributed by atoms with E-state index in [1.807, 2.05) is 103 Å². The number of rotatable bonds is 7. The van der Waals surface area contributed by atoms with Gasteiger partial charge in [-0.15, -0.1) is 0 Å². The van der Waals surface area contributed by atoms with Crippen molar-refractivity contribution < 1.29 is 16.8 Å². The molecule has 0 radical (unpaired) electrons. The Morgan fingerprint density at radius 1 is 0.410 bits per heavy atom. The van der Waals surface area contributed by atoms with Gasteiger partial charge in [0.1, 0.15) is 11.2 Å². The molecule has 1 aliphatic rings. The van der Waals surface area contributed by atoms with E-state index in [1.54, 1.807) is 4.90 Å². The predicted molar refractivity (Wildman–Crippen MR) is 254 cm³/mol. The van der Waals surface area contributed by atoms with E-state index in [-0.39, 0.29) is 11.3 Å². The molecule has 0 aliphatic heterocycles. The lowest BCUT2D eigenvalue weighted by atomic mass is 9.67. The van der Waals surface area contributed by atoms with Crippen LogP contribution in [0, 0.1) is 0 Å². The number of benzene rings is 10. The first-order valence-electron chi connectivity index (χ1n) is 24.8. The third-order valence-electron chi connectivity index (χ3n) is 12.1. The van der Waals surface area contributed by atoms with Gasteiger partial charge in [-0.05, 0) is 110 Å². The van der Waals surface area contributed by atoms with Crippen LogP contribution in [0.1, 0.15) is 34.6 Å². The number of fused-ring (bicyclic) bond motifs is 8. The van der Waals surface area contributed by atoms with Crippen molar-refractivity contribution in [1.82, 2.24) is 0 Å². The van der Waals surface area contributed by atoms with Crippen molar-refractivity contribution in [2.75, 3.05) is 4.90 Å². The smallest absolute Gasteiger partial charge is 0.143 e. The summed E-state index contributed by atoms with van der Waals surface area (Å²) in [5.74, 6) is 0. The molecule has 0 amide bonds. The maximum Gasteiger partial charge on any atom is 0.143 e. The van der Waals surface area contributed by atoms with E-state index in [0.717, 1.165) is 71.6 Å². The fourth-order valence-electron chi connectivity index (χ4n) is 9.50. The monoisotopic (exact) mass is 786 g/mol. The van der Waals surface area contributed by atoms with Gasteiger partial charge in [0.05, 0.1) is 17.8 Å². The largest absolute Gasteiger partial charge is 0.455 e. The first-order chi connectivity index (χ1) is 34.0. The van der Waals surface area contributed by atoms with Crippen molar-refractivity contribution in [2.24, 2.45) is 0 Å². The fraction of sp³-hybridized carbons (Fsp3) is 0.0169. The van der Waals surface area contributed by atoms with E-state index < -0.39 is 65.4 Å². The first-order valence-corrected chi connectivity index (χ1v) is 20.3. The van der Waals surface area contributed by atoms with E-state index in [1.165, 1.54) is 0 Å². The van der Waals surface area contributed by atoms with Crippen molar-refractivity contribution >= 4 is 49.8 Å². The molecule has 1 aliphatic carbocycles. The highest BCUT2D eigenvalue weighted by Crippen LogP contribution is 2.57. The normalized spacial score (nSPS) is 14.8. The summed E-state index contributed by atoms with van der Waals surface area (Å²) in [6.07, 6.45) is 0. The molecule has 0 saturated heterocycles. The van der Waals surface area contributed by atoms with Crippen molar-refractivity contribution in [2.45, 2.75) is 5.41 Å². The Balaban J connectivity index is 1.14. The molecule has 0 saturated carbocycles. The topological polar surface area (TPSA) is 16.4 Å². The van der Waals surface area contributed by atoms with Gasteiger partial charge in [-0.1, -0.05) is 188 Å². The quantitative estimate of drug-likeness (QED) is 0.160. The van der Waals surface area contributed by atoms with Crippen molar-refractivity contribution in [3.05, 3.63) is 259 Å². The third-order valence-corrected chi connectivity index (χ3v) is 12.1. The van der Waals surface area contributed by atoms with Crippen LogP contribution in [0.2, 0.25) is 0 Å². The molecule has 0 spiro atoms. The summed E-state index contributed by atoms with van der Waals surface area (Å²) < 4.78 is 87.9. The van der Waals surface area contributed by atoms with Crippen LogP contribution in [0.4, 0.5) is 17.1 Å². The third kappa shape index (κ3) is 5.50. The maximum absolute atomic E-state index is 9.81. The van der Waals surface area contributed by atoms with Crippen molar-refractivity contribution in [1.29, 1.82) is 0 Å². The summed E-state index contributed by atoms with van der Waals surface area (Å²) in [6.45, 7) is 0. The standard InChI is InChI=1S/C59H39NO/c1-4-16-40(17-5-1)41-30-33-46(34-31-41)60(47-24-14-19-43(38-47)49-27-15-29-56-57(49)53-36-32-42-18-10-11-25-50(42)58(53)61-56)48-35-37-52-51-26-12-13-28-54(51)59(55(52)39-48,44-20-6-2-7-21-44)45-22-8-3-9-23-45/h1-39H/i1D,4D,5D,16D,17D,30D,31D,33D,34D. The summed E-state index contributed by atoms with van der Waals surface area (Å²) >= 11 is 0. The molecule has 0 unspecified atom stereocenters. The van der Waals surface area contributed by atoms with Crippen LogP contribution in [0.25, 0.3) is 66.1 Å². The van der Waals surface area contributed by atoms with E-state index in [9.17, 15) is 5.48 Å². The zero-order valence-corrected chi connectivity index (χ0v) is 32.7. The minimum Gasteiger partial charge on any atom is -0.455 e.